The van der Waals surface area contributed by atoms with Gasteiger partial charge in [-0.3, -0.25) is 70.2 Å². The van der Waals surface area contributed by atoms with E-state index in [1.165, 1.54) is 0 Å². The van der Waals surface area contributed by atoms with E-state index in [1.807, 2.05) is 4.98 Å². The average Bonchev–Trinajstić information content (AvgIpc) is 3.81. The normalized spacial score (nSPS) is 31.1. The molecule has 0 saturated carbocycles. The standard InChI is InChI=1S/C27H38N6O34P6/c34-13-1-4-31(25(40)28-13)22-16(37)19(63-68(43,44)45)10(60-22)7-57-70(49,50)64-20-11(61-23(17(20)38)32-5-2-14(35)29-26(32)41)8-58-71(51,52)65-21-12(9-59-72(53,54)67-73(55,56)66-69(46,47)48)62-24(18(21)39)33-6-3-15(36)30-27(33)42/h1-6,10-12,16-24,37-39H,7-9H2,(H,49,50)(H,51,52)(H,53,54)(H,55,56)(H,28,34,40)(H,29,35,41)(H,30,36,42)(H2,43,44,45)(H2,46,47,48)/t10-,11-,12-,16-,17-,18-,19-,20-,21-,22-,23-,24-/m1/s1. The zero-order chi connectivity index (χ0) is 54.4. The molecule has 3 aliphatic heterocycles. The topological polar surface area (TPSA) is 591 Å². The van der Waals surface area contributed by atoms with Crippen LogP contribution < -0.4 is 33.7 Å². The maximum Gasteiger partial charge on any atom is 0.490 e. The van der Waals surface area contributed by atoms with Gasteiger partial charge in [-0.15, -0.1) is 0 Å². The van der Waals surface area contributed by atoms with Crippen LogP contribution in [0.15, 0.2) is 65.6 Å². The van der Waals surface area contributed by atoms with Crippen LogP contribution in [-0.2, 0) is 77.4 Å². The molecule has 0 aromatic carbocycles. The number of aliphatic hydroxyl groups excluding tert-OH is 3. The minimum Gasteiger partial charge on any atom is -0.386 e. The highest BCUT2D eigenvalue weighted by Gasteiger charge is 2.54. The van der Waals surface area contributed by atoms with Crippen LogP contribution in [0, 0.1) is 0 Å². The Kier molecular flexibility index (Phi) is 17.9. The van der Waals surface area contributed by atoms with Crippen molar-refractivity contribution in [1.29, 1.82) is 0 Å². The third kappa shape index (κ3) is 15.4. The number of aromatic nitrogens is 6. The first-order chi connectivity index (χ1) is 33.5. The highest BCUT2D eigenvalue weighted by molar-refractivity contribution is 7.66. The molecule has 14 N–H and O–H groups in total. The van der Waals surface area contributed by atoms with E-state index in [-0.39, 0.29) is 0 Å². The third-order valence-electron chi connectivity index (χ3n) is 9.69. The fraction of sp³-hybridized carbons (Fsp3) is 0.556. The lowest BCUT2D eigenvalue weighted by Crippen LogP contribution is -2.39. The van der Waals surface area contributed by atoms with E-state index < -0.39 is 174 Å². The number of rotatable bonds is 22. The minimum absolute atomic E-state index is 0.443. The Morgan fingerprint density at radius 2 is 0.740 bits per heavy atom. The van der Waals surface area contributed by atoms with Gasteiger partial charge in [0, 0.05) is 36.8 Å². The predicted octanol–water partition coefficient (Wildman–Crippen LogP) is -5.76. The Labute approximate surface area is 399 Å². The van der Waals surface area contributed by atoms with Crippen LogP contribution in [0.4, 0.5) is 0 Å². The molecule has 46 heteroatoms. The largest absolute Gasteiger partial charge is 0.490 e. The smallest absolute Gasteiger partial charge is 0.386 e. The Morgan fingerprint density at radius 3 is 1.03 bits per heavy atom. The second kappa shape index (κ2) is 22.3. The van der Waals surface area contributed by atoms with Crippen molar-refractivity contribution in [2.75, 3.05) is 19.8 Å². The number of hydrogen-bond donors (Lipinski definition) is 14. The zero-order valence-electron chi connectivity index (χ0n) is 35.3. The lowest BCUT2D eigenvalue weighted by atomic mass is 10.1. The summed E-state index contributed by atoms with van der Waals surface area (Å²) in [5, 5.41) is 33.3. The van der Waals surface area contributed by atoms with Crippen molar-refractivity contribution in [3.05, 3.63) is 99.3 Å². The lowest BCUT2D eigenvalue weighted by Gasteiger charge is -2.26. The van der Waals surface area contributed by atoms with Gasteiger partial charge >= 0.3 is 64.0 Å². The Bertz CT molecular complexity index is 3180. The summed E-state index contributed by atoms with van der Waals surface area (Å²) in [6, 6.07) is 2.23. The van der Waals surface area contributed by atoms with Crippen LogP contribution in [0.5, 0.6) is 0 Å². The van der Waals surface area contributed by atoms with Gasteiger partial charge in [0.25, 0.3) is 16.7 Å². The van der Waals surface area contributed by atoms with Gasteiger partial charge < -0.3 is 68.7 Å². The lowest BCUT2D eigenvalue weighted by molar-refractivity contribution is -0.0640. The van der Waals surface area contributed by atoms with E-state index in [1.54, 1.807) is 9.97 Å². The molecule has 0 aliphatic carbocycles. The summed E-state index contributed by atoms with van der Waals surface area (Å²) in [4.78, 5) is 156. The molecule has 0 bridgehead atoms. The molecule has 16 atom stereocenters. The Morgan fingerprint density at radius 1 is 0.438 bits per heavy atom. The number of aliphatic hydroxyl groups is 3. The molecule has 73 heavy (non-hydrogen) atoms. The number of aromatic amines is 3. The number of nitrogens with one attached hydrogen (secondary N) is 3. The molecule has 40 nitrogen and oxygen atoms in total. The summed E-state index contributed by atoms with van der Waals surface area (Å²) < 4.78 is 128. The molecule has 0 spiro atoms. The van der Waals surface area contributed by atoms with Crippen molar-refractivity contribution in [3.63, 3.8) is 0 Å². The molecule has 4 unspecified atom stereocenters. The van der Waals surface area contributed by atoms with Crippen LogP contribution in [-0.4, -0.2) is 158 Å². The second-order valence-electron chi connectivity index (χ2n) is 14.8. The molecule has 3 aliphatic rings. The van der Waals surface area contributed by atoms with Gasteiger partial charge in [-0.2, -0.15) is 8.62 Å². The summed E-state index contributed by atoms with van der Waals surface area (Å²) >= 11 is 0. The first-order valence-corrected chi connectivity index (χ1v) is 28.4. The van der Waals surface area contributed by atoms with Gasteiger partial charge in [-0.1, -0.05) is 0 Å². The number of hydrogen-bond acceptors (Lipinski definition) is 26. The van der Waals surface area contributed by atoms with Gasteiger partial charge in [0.05, 0.1) is 19.8 Å². The Hall–Kier alpha value is -3.46. The van der Waals surface area contributed by atoms with Gasteiger partial charge in [0.2, 0.25) is 0 Å². The van der Waals surface area contributed by atoms with Crippen molar-refractivity contribution in [2.45, 2.75) is 73.6 Å². The number of phosphoric acid groups is 6. The summed E-state index contributed by atoms with van der Waals surface area (Å²) in [5.41, 5.74) is -6.71. The molecule has 0 amide bonds. The van der Waals surface area contributed by atoms with E-state index in [9.17, 15) is 101 Å². The van der Waals surface area contributed by atoms with Crippen molar-refractivity contribution in [2.24, 2.45) is 0 Å². The van der Waals surface area contributed by atoms with E-state index in [4.69, 9.17) is 42.1 Å². The summed E-state index contributed by atoms with van der Waals surface area (Å²) in [5.74, 6) is 0. The van der Waals surface area contributed by atoms with Gasteiger partial charge in [0.1, 0.15) is 54.9 Å². The maximum absolute atomic E-state index is 13.6. The molecule has 0 radical (unpaired) electrons. The second-order valence-corrected chi connectivity index (χ2v) is 23.3. The van der Waals surface area contributed by atoms with Crippen LogP contribution in [0.3, 0.4) is 0 Å². The molecule has 3 aromatic heterocycles. The van der Waals surface area contributed by atoms with E-state index in [0.29, 0.717) is 19.8 Å². The first-order valence-electron chi connectivity index (χ1n) is 19.3. The fourth-order valence-corrected chi connectivity index (χ4v) is 12.4. The third-order valence-corrected chi connectivity index (χ3v) is 16.0. The molecule has 6 heterocycles. The van der Waals surface area contributed by atoms with E-state index in [2.05, 4.69) is 17.7 Å². The van der Waals surface area contributed by atoms with Crippen molar-refractivity contribution in [1.82, 2.24) is 28.7 Å². The maximum atomic E-state index is 13.6. The molecule has 410 valence electrons. The summed E-state index contributed by atoms with van der Waals surface area (Å²) in [6.07, 6.45) is -24.0. The van der Waals surface area contributed by atoms with Crippen LogP contribution in [0.2, 0.25) is 0 Å². The van der Waals surface area contributed by atoms with Crippen LogP contribution >= 0.6 is 46.9 Å². The minimum atomic E-state index is -6.12. The van der Waals surface area contributed by atoms with Gasteiger partial charge in [-0.05, 0) is 0 Å². The quantitative estimate of drug-likeness (QED) is 0.0417. The molecular formula is C27H38N6O34P6. The molecular weight excluding hydrogens is 1140 g/mol. The van der Waals surface area contributed by atoms with Crippen molar-refractivity contribution < 1.29 is 132 Å². The highest BCUT2D eigenvalue weighted by atomic mass is 31.3. The number of H-pyrrole nitrogens is 3. The molecule has 3 fully saturated rings. The average molecular weight is 1180 g/mol. The molecule has 3 aromatic rings. The van der Waals surface area contributed by atoms with E-state index >= 15 is 0 Å². The first kappa shape index (κ1) is 58.8. The number of nitrogens with zero attached hydrogens (tertiary/aromatic N) is 3. The van der Waals surface area contributed by atoms with Crippen LogP contribution in [0.1, 0.15) is 18.7 Å². The number of phosphoric ester groups is 4. The summed E-state index contributed by atoms with van der Waals surface area (Å²) in [6.45, 7) is -4.31. The highest BCUT2D eigenvalue weighted by Crippen LogP contribution is 2.66. The van der Waals surface area contributed by atoms with Crippen LogP contribution in [0.25, 0.3) is 0 Å². The predicted molar refractivity (Wildman–Crippen MR) is 222 cm³/mol. The number of ether oxygens (including phenoxy) is 3. The van der Waals surface area contributed by atoms with Crippen molar-refractivity contribution in [3.8, 4) is 0 Å². The summed E-state index contributed by atoms with van der Waals surface area (Å²) in [7, 11) is -35.2. The molecule has 3 saturated heterocycles. The monoisotopic (exact) mass is 1180 g/mol. The molecule has 6 rings (SSSR count). The zero-order valence-corrected chi connectivity index (χ0v) is 40.7. The SMILES string of the molecule is O=c1ccn([C@@H]2O[C@H](COP(=O)(O)O[C@H]3[C@@H](O)[C@H](n4ccc(=O)[nH]c4=O)O[C@@H]3COP(=O)(O)O[C@H]3[C@@H](O)[C@H](n4ccc(=O)[nH]c4=O)O[C@@H]3COP(=O)(O)OP(=O)(O)OP(=O)(O)O)[C@@H](OP(=O)(O)O)[C@H]2O)c(=O)[nH]1. The van der Waals surface area contributed by atoms with Gasteiger partial charge in [0.15, 0.2) is 18.7 Å². The van der Waals surface area contributed by atoms with Crippen molar-refractivity contribution >= 4 is 46.9 Å². The Balaban J connectivity index is 1.22. The van der Waals surface area contributed by atoms with E-state index in [0.717, 1.165) is 30.7 Å². The fourth-order valence-electron chi connectivity index (χ4n) is 6.86. The van der Waals surface area contributed by atoms with Gasteiger partial charge in [-0.25, -0.2) is 41.8 Å².